The molecule has 6 nitrogen and oxygen atoms in total. The van der Waals surface area contributed by atoms with E-state index >= 15 is 0 Å². The summed E-state index contributed by atoms with van der Waals surface area (Å²) < 4.78 is 14.1. The Morgan fingerprint density at radius 2 is 1.24 bits per heavy atom. The number of hydrogen-bond acceptors (Lipinski definition) is 6. The molecule has 0 spiro atoms. The van der Waals surface area contributed by atoms with Crippen molar-refractivity contribution < 1.29 is 19.4 Å². The standard InChI is InChI=1S/C42H44N2O4SSe/c1-3-5-7-9-27-47-36-19-15-34(16-20-36)44(35-17-21-37(22-18-35)48-28-10-8-6-4-2)33-13-11-31(12-14-33)39-24-25-40(49-39)41-26-23-38(50-41)29-32(30-43)42(45)46/h11-26,29H,3-10,27-28H2,1-2H3,(H,45,46)/b32-29-. The van der Waals surface area contributed by atoms with Crippen LogP contribution in [0.1, 0.15) is 69.7 Å². The number of aliphatic carboxylic acids is 1. The van der Waals surface area contributed by atoms with Gasteiger partial charge in [0.25, 0.3) is 0 Å². The quantitative estimate of drug-likeness (QED) is 0.0391. The molecule has 1 N–H and O–H groups in total. The first kappa shape index (κ1) is 36.7. The van der Waals surface area contributed by atoms with E-state index in [1.165, 1.54) is 49.0 Å². The number of rotatable bonds is 19. The summed E-state index contributed by atoms with van der Waals surface area (Å²) in [6, 6.07) is 35.3. The van der Waals surface area contributed by atoms with Crippen LogP contribution in [0.2, 0.25) is 0 Å². The average molecular weight is 752 g/mol. The molecule has 0 fully saturated rings. The van der Waals surface area contributed by atoms with Gasteiger partial charge in [0.2, 0.25) is 0 Å². The van der Waals surface area contributed by atoms with E-state index in [1.54, 1.807) is 17.4 Å². The first-order chi connectivity index (χ1) is 24.5. The summed E-state index contributed by atoms with van der Waals surface area (Å²) >= 11 is 1.66. The third-order valence-corrected chi connectivity index (χ3v) is 11.9. The van der Waals surface area contributed by atoms with Gasteiger partial charge in [-0.15, -0.1) is 0 Å². The fourth-order valence-electron chi connectivity index (χ4n) is 5.51. The Morgan fingerprint density at radius 1 is 0.720 bits per heavy atom. The van der Waals surface area contributed by atoms with Gasteiger partial charge in [0.05, 0.1) is 13.2 Å². The molecule has 0 aliphatic carbocycles. The van der Waals surface area contributed by atoms with Crippen LogP contribution in [-0.4, -0.2) is 38.8 Å². The summed E-state index contributed by atoms with van der Waals surface area (Å²) in [6.07, 6.45) is 10.9. The molecule has 5 rings (SSSR count). The van der Waals surface area contributed by atoms with Crippen LogP contribution >= 0.6 is 11.3 Å². The number of ether oxygens (including phenoxy) is 2. The number of nitriles is 1. The molecule has 0 unspecified atom stereocenters. The van der Waals surface area contributed by atoms with Crippen molar-refractivity contribution in [2.75, 3.05) is 18.1 Å². The number of nitrogens with zero attached hydrogens (tertiary/aromatic N) is 2. The zero-order valence-electron chi connectivity index (χ0n) is 28.8. The Hall–Kier alpha value is -4.54. The topological polar surface area (TPSA) is 82.8 Å². The van der Waals surface area contributed by atoms with E-state index < -0.39 is 5.97 Å². The summed E-state index contributed by atoms with van der Waals surface area (Å²) in [5, 5.41) is 18.3. The SMILES string of the molecule is CCCCCCOc1ccc(N(c2ccc(OCCCCCC)cc2)c2ccc(-c3ccc(-c4ccc(/C=C(/C#N)C(=O)O)[se]4)s3)cc2)cc1. The normalized spacial score (nSPS) is 11.3. The monoisotopic (exact) mass is 752 g/mol. The van der Waals surface area contributed by atoms with Gasteiger partial charge in [0.15, 0.2) is 0 Å². The molecular formula is C42H44N2O4SSe. The van der Waals surface area contributed by atoms with Gasteiger partial charge in [-0.05, 0) is 12.8 Å². The van der Waals surface area contributed by atoms with Gasteiger partial charge in [-0.3, -0.25) is 0 Å². The van der Waals surface area contributed by atoms with Crippen LogP contribution in [0, 0.1) is 11.3 Å². The van der Waals surface area contributed by atoms with Gasteiger partial charge < -0.3 is 9.47 Å². The number of carboxylic acid groups (broad SMARTS) is 1. The zero-order chi connectivity index (χ0) is 35.1. The molecule has 2 aromatic heterocycles. The van der Waals surface area contributed by atoms with Crippen molar-refractivity contribution >= 4 is 54.9 Å². The van der Waals surface area contributed by atoms with E-state index in [0.717, 1.165) is 74.4 Å². The minimum absolute atomic E-state index is 0.0602. The summed E-state index contributed by atoms with van der Waals surface area (Å²) in [7, 11) is 0. The molecule has 0 amide bonds. The number of carboxylic acids is 1. The molecule has 258 valence electrons. The van der Waals surface area contributed by atoms with Crippen LogP contribution in [0.25, 0.3) is 25.8 Å². The Morgan fingerprint density at radius 3 is 1.74 bits per heavy atom. The Labute approximate surface area is 306 Å². The van der Waals surface area contributed by atoms with Gasteiger partial charge in [-0.25, -0.2) is 0 Å². The van der Waals surface area contributed by atoms with E-state index in [0.29, 0.717) is 0 Å². The Kier molecular flexibility index (Phi) is 14.0. The average Bonchev–Trinajstić information content (AvgIpc) is 3.82. The molecule has 0 aliphatic heterocycles. The van der Waals surface area contributed by atoms with Crippen molar-refractivity contribution in [1.82, 2.24) is 0 Å². The molecule has 5 aromatic rings. The van der Waals surface area contributed by atoms with Crippen LogP contribution in [0.15, 0.2) is 103 Å². The van der Waals surface area contributed by atoms with Crippen molar-refractivity contribution in [3.05, 3.63) is 107 Å². The molecule has 0 bridgehead atoms. The van der Waals surface area contributed by atoms with E-state index in [-0.39, 0.29) is 20.1 Å². The van der Waals surface area contributed by atoms with E-state index in [4.69, 9.17) is 14.7 Å². The first-order valence-electron chi connectivity index (χ1n) is 17.4. The van der Waals surface area contributed by atoms with Gasteiger partial charge in [-0.2, -0.15) is 0 Å². The van der Waals surface area contributed by atoms with Gasteiger partial charge in [-0.1, -0.05) is 52.4 Å². The van der Waals surface area contributed by atoms with Crippen molar-refractivity contribution in [2.24, 2.45) is 0 Å². The van der Waals surface area contributed by atoms with Gasteiger partial charge >= 0.3 is 208 Å². The molecule has 50 heavy (non-hydrogen) atoms. The number of unbranched alkanes of at least 4 members (excludes halogenated alkanes) is 6. The number of hydrogen-bond donors (Lipinski definition) is 1. The predicted molar refractivity (Wildman–Crippen MR) is 207 cm³/mol. The predicted octanol–water partition coefficient (Wildman–Crippen LogP) is 11.5. The molecule has 0 saturated heterocycles. The maximum absolute atomic E-state index is 11.3. The van der Waals surface area contributed by atoms with Crippen LogP contribution in [0.3, 0.4) is 0 Å². The van der Waals surface area contributed by atoms with E-state index in [9.17, 15) is 9.90 Å². The van der Waals surface area contributed by atoms with Crippen LogP contribution in [-0.2, 0) is 4.79 Å². The fraction of sp³-hybridized carbons (Fsp3) is 0.286. The summed E-state index contributed by atoms with van der Waals surface area (Å²) in [4.78, 5) is 15.8. The molecule has 2 heterocycles. The minimum atomic E-state index is -1.20. The molecule has 0 saturated carbocycles. The summed E-state index contributed by atoms with van der Waals surface area (Å²) in [6.45, 7) is 5.90. The van der Waals surface area contributed by atoms with Crippen molar-refractivity contribution in [1.29, 1.82) is 5.26 Å². The molecule has 0 atom stereocenters. The third kappa shape index (κ3) is 10.2. The fourth-order valence-corrected chi connectivity index (χ4v) is 8.75. The van der Waals surface area contributed by atoms with Crippen LogP contribution < -0.4 is 14.4 Å². The number of anilines is 3. The Bertz CT molecular complexity index is 1810. The van der Waals surface area contributed by atoms with Gasteiger partial charge in [0.1, 0.15) is 11.5 Å². The zero-order valence-corrected chi connectivity index (χ0v) is 31.3. The second kappa shape index (κ2) is 19.0. The molecular weight excluding hydrogens is 707 g/mol. The second-order valence-electron chi connectivity index (χ2n) is 12.0. The number of carbonyl (C=O) groups is 1. The van der Waals surface area contributed by atoms with Crippen LogP contribution in [0.4, 0.5) is 17.1 Å². The summed E-state index contributed by atoms with van der Waals surface area (Å²) in [5.41, 5.74) is 4.01. The van der Waals surface area contributed by atoms with E-state index in [1.807, 2.05) is 12.1 Å². The van der Waals surface area contributed by atoms with Crippen molar-refractivity contribution in [2.45, 2.75) is 65.2 Å². The van der Waals surface area contributed by atoms with Crippen molar-refractivity contribution in [3.63, 3.8) is 0 Å². The van der Waals surface area contributed by atoms with E-state index in [2.05, 4.69) is 104 Å². The third-order valence-electron chi connectivity index (χ3n) is 8.25. The number of thiophene rings is 1. The van der Waals surface area contributed by atoms with Crippen molar-refractivity contribution in [3.8, 4) is 37.3 Å². The molecule has 3 aromatic carbocycles. The first-order valence-corrected chi connectivity index (χ1v) is 19.9. The summed E-state index contributed by atoms with van der Waals surface area (Å²) in [5.74, 6) is 0.562. The second-order valence-corrected chi connectivity index (χ2v) is 15.5. The number of benzene rings is 3. The maximum atomic E-state index is 11.3. The van der Waals surface area contributed by atoms with Gasteiger partial charge in [0, 0.05) is 0 Å². The molecule has 0 aliphatic rings. The molecule has 8 heteroatoms. The molecule has 0 radical (unpaired) electrons. The van der Waals surface area contributed by atoms with Crippen LogP contribution in [0.5, 0.6) is 11.5 Å². The Balaban J connectivity index is 1.35.